The number of anilines is 3. The van der Waals surface area contributed by atoms with Gasteiger partial charge in [0, 0.05) is 19.3 Å². The number of hydrogen-bond donors (Lipinski definition) is 2. The summed E-state index contributed by atoms with van der Waals surface area (Å²) in [5.74, 6) is 2.78. The molecule has 2 N–H and O–H groups in total. The molecule has 1 aromatic heterocycles. The molecule has 0 saturated heterocycles. The van der Waals surface area contributed by atoms with E-state index < -0.39 is 0 Å². The van der Waals surface area contributed by atoms with Gasteiger partial charge in [0.25, 0.3) is 0 Å². The summed E-state index contributed by atoms with van der Waals surface area (Å²) in [5.41, 5.74) is 0.809. The maximum atomic E-state index is 5.62. The fourth-order valence-corrected chi connectivity index (χ4v) is 1.83. The van der Waals surface area contributed by atoms with Gasteiger partial charge in [-0.15, -0.1) is 0 Å². The molecule has 21 heavy (non-hydrogen) atoms. The van der Waals surface area contributed by atoms with Crippen LogP contribution in [0.15, 0.2) is 30.5 Å². The Morgan fingerprint density at radius 3 is 2.62 bits per heavy atom. The summed E-state index contributed by atoms with van der Waals surface area (Å²) >= 11 is 0. The highest BCUT2D eigenvalue weighted by Crippen LogP contribution is 2.31. The van der Waals surface area contributed by atoms with E-state index in [9.17, 15) is 0 Å². The molecule has 0 bridgehead atoms. The van der Waals surface area contributed by atoms with Crippen molar-refractivity contribution in [3.05, 3.63) is 30.5 Å². The van der Waals surface area contributed by atoms with Gasteiger partial charge in [-0.25, -0.2) is 4.98 Å². The number of nitrogens with zero attached hydrogens (tertiary/aromatic N) is 2. The van der Waals surface area contributed by atoms with Crippen LogP contribution in [0.2, 0.25) is 0 Å². The quantitative estimate of drug-likeness (QED) is 0.816. The Balaban J connectivity index is 2.28. The van der Waals surface area contributed by atoms with Crippen molar-refractivity contribution in [2.24, 2.45) is 0 Å². The maximum absolute atomic E-state index is 5.62. The Morgan fingerprint density at radius 1 is 1.10 bits per heavy atom. The zero-order valence-electron chi connectivity index (χ0n) is 12.5. The van der Waals surface area contributed by atoms with E-state index in [2.05, 4.69) is 20.6 Å². The first-order chi connectivity index (χ1) is 10.3. The summed E-state index contributed by atoms with van der Waals surface area (Å²) in [6.45, 7) is 5.11. The minimum atomic E-state index is 0.555. The zero-order valence-corrected chi connectivity index (χ0v) is 12.5. The largest absolute Gasteiger partial charge is 0.494 e. The molecular weight excluding hydrogens is 268 g/mol. The standard InChI is InChI=1S/C15H20N4O2/c1-4-20-11-6-7-13(21-5-2)12(10-11)18-14-8-9-17-15(16-3)19-14/h6-10H,4-5H2,1-3H3,(H2,16,17,18,19). The Morgan fingerprint density at radius 2 is 1.90 bits per heavy atom. The molecule has 0 radical (unpaired) electrons. The summed E-state index contributed by atoms with van der Waals surface area (Å²) in [6, 6.07) is 7.47. The second kappa shape index (κ2) is 7.33. The van der Waals surface area contributed by atoms with Gasteiger partial charge >= 0.3 is 0 Å². The van der Waals surface area contributed by atoms with Gasteiger partial charge in [-0.05, 0) is 32.0 Å². The van der Waals surface area contributed by atoms with Crippen molar-refractivity contribution in [1.82, 2.24) is 9.97 Å². The molecule has 6 nitrogen and oxygen atoms in total. The molecule has 0 aliphatic rings. The van der Waals surface area contributed by atoms with E-state index in [4.69, 9.17) is 9.47 Å². The van der Waals surface area contributed by atoms with Gasteiger partial charge < -0.3 is 20.1 Å². The highest BCUT2D eigenvalue weighted by Gasteiger charge is 2.07. The molecule has 6 heteroatoms. The number of benzene rings is 1. The first-order valence-electron chi connectivity index (χ1n) is 6.94. The maximum Gasteiger partial charge on any atom is 0.224 e. The molecular formula is C15H20N4O2. The molecule has 0 aliphatic carbocycles. The number of rotatable bonds is 7. The lowest BCUT2D eigenvalue weighted by Crippen LogP contribution is -2.02. The lowest BCUT2D eigenvalue weighted by Gasteiger charge is -2.14. The van der Waals surface area contributed by atoms with Gasteiger partial charge in [0.15, 0.2) is 0 Å². The molecule has 2 aromatic rings. The number of aromatic nitrogens is 2. The molecule has 0 saturated carbocycles. The molecule has 1 aromatic carbocycles. The van der Waals surface area contributed by atoms with E-state index in [1.165, 1.54) is 0 Å². The van der Waals surface area contributed by atoms with E-state index in [0.717, 1.165) is 17.2 Å². The Hall–Kier alpha value is -2.50. The number of hydrogen-bond acceptors (Lipinski definition) is 6. The third kappa shape index (κ3) is 3.98. The van der Waals surface area contributed by atoms with Crippen LogP contribution in [0, 0.1) is 0 Å². The molecule has 112 valence electrons. The van der Waals surface area contributed by atoms with Crippen molar-refractivity contribution in [2.75, 3.05) is 30.9 Å². The van der Waals surface area contributed by atoms with Crippen molar-refractivity contribution in [3.8, 4) is 11.5 Å². The van der Waals surface area contributed by atoms with E-state index in [-0.39, 0.29) is 0 Å². The Bertz CT molecular complexity index is 590. The highest BCUT2D eigenvalue weighted by atomic mass is 16.5. The van der Waals surface area contributed by atoms with Crippen LogP contribution in [0.3, 0.4) is 0 Å². The van der Waals surface area contributed by atoms with Crippen molar-refractivity contribution in [3.63, 3.8) is 0 Å². The monoisotopic (exact) mass is 288 g/mol. The van der Waals surface area contributed by atoms with E-state index in [0.29, 0.717) is 25.0 Å². The van der Waals surface area contributed by atoms with Crippen LogP contribution in [0.5, 0.6) is 11.5 Å². The van der Waals surface area contributed by atoms with Crippen LogP contribution in [-0.4, -0.2) is 30.2 Å². The summed E-state index contributed by atoms with van der Waals surface area (Å²) < 4.78 is 11.1. The van der Waals surface area contributed by atoms with Crippen LogP contribution in [-0.2, 0) is 0 Å². The van der Waals surface area contributed by atoms with Gasteiger partial charge in [-0.2, -0.15) is 4.98 Å². The molecule has 0 unspecified atom stereocenters. The number of nitrogens with one attached hydrogen (secondary N) is 2. The van der Waals surface area contributed by atoms with Crippen molar-refractivity contribution < 1.29 is 9.47 Å². The van der Waals surface area contributed by atoms with Crippen LogP contribution < -0.4 is 20.1 Å². The lowest BCUT2D eigenvalue weighted by molar-refractivity contribution is 0.332. The fraction of sp³-hybridized carbons (Fsp3) is 0.333. The van der Waals surface area contributed by atoms with Crippen LogP contribution >= 0.6 is 0 Å². The topological polar surface area (TPSA) is 68.3 Å². The Kier molecular flexibility index (Phi) is 5.20. The average Bonchev–Trinajstić information content (AvgIpc) is 2.50. The second-order valence-electron chi connectivity index (χ2n) is 4.16. The molecule has 0 aliphatic heterocycles. The van der Waals surface area contributed by atoms with Crippen molar-refractivity contribution in [2.45, 2.75) is 13.8 Å². The van der Waals surface area contributed by atoms with Crippen LogP contribution in [0.1, 0.15) is 13.8 Å². The molecule has 2 rings (SSSR count). The lowest BCUT2D eigenvalue weighted by atomic mass is 10.2. The van der Waals surface area contributed by atoms with E-state index in [1.54, 1.807) is 19.3 Å². The van der Waals surface area contributed by atoms with Crippen molar-refractivity contribution in [1.29, 1.82) is 0 Å². The fourth-order valence-electron chi connectivity index (χ4n) is 1.83. The average molecular weight is 288 g/mol. The molecule has 0 atom stereocenters. The van der Waals surface area contributed by atoms with E-state index >= 15 is 0 Å². The third-order valence-electron chi connectivity index (χ3n) is 2.70. The second-order valence-corrected chi connectivity index (χ2v) is 4.16. The zero-order chi connectivity index (χ0) is 15.1. The van der Waals surface area contributed by atoms with Crippen LogP contribution in [0.25, 0.3) is 0 Å². The Labute approximate surface area is 124 Å². The third-order valence-corrected chi connectivity index (χ3v) is 2.70. The normalized spacial score (nSPS) is 10.0. The number of ether oxygens (including phenoxy) is 2. The van der Waals surface area contributed by atoms with Gasteiger partial charge in [0.1, 0.15) is 17.3 Å². The molecule has 0 fully saturated rings. The molecule has 1 heterocycles. The van der Waals surface area contributed by atoms with Gasteiger partial charge in [0.2, 0.25) is 5.95 Å². The molecule has 0 spiro atoms. The van der Waals surface area contributed by atoms with E-state index in [1.807, 2.05) is 32.0 Å². The highest BCUT2D eigenvalue weighted by molar-refractivity contribution is 5.66. The first kappa shape index (κ1) is 14.9. The predicted molar refractivity (Wildman–Crippen MR) is 83.6 cm³/mol. The van der Waals surface area contributed by atoms with Gasteiger partial charge in [-0.3, -0.25) is 0 Å². The van der Waals surface area contributed by atoms with Gasteiger partial charge in [-0.1, -0.05) is 0 Å². The van der Waals surface area contributed by atoms with Crippen molar-refractivity contribution >= 4 is 17.5 Å². The summed E-state index contributed by atoms with van der Waals surface area (Å²) in [7, 11) is 1.78. The minimum absolute atomic E-state index is 0.555. The van der Waals surface area contributed by atoms with Crippen LogP contribution in [0.4, 0.5) is 17.5 Å². The summed E-state index contributed by atoms with van der Waals surface area (Å²) in [6.07, 6.45) is 1.69. The predicted octanol–water partition coefficient (Wildman–Crippen LogP) is 3.06. The minimum Gasteiger partial charge on any atom is -0.494 e. The molecule has 0 amide bonds. The van der Waals surface area contributed by atoms with Gasteiger partial charge in [0.05, 0.1) is 18.9 Å². The smallest absolute Gasteiger partial charge is 0.224 e. The summed E-state index contributed by atoms with van der Waals surface area (Å²) in [5, 5.41) is 6.14. The summed E-state index contributed by atoms with van der Waals surface area (Å²) in [4.78, 5) is 8.42. The SMILES string of the molecule is CCOc1ccc(OCC)c(Nc2ccnc(NC)n2)c1. The first-order valence-corrected chi connectivity index (χ1v) is 6.94.